The lowest BCUT2D eigenvalue weighted by Crippen LogP contribution is -2.47. The average molecular weight is 467 g/mol. The highest BCUT2D eigenvalue weighted by molar-refractivity contribution is 7.80. The molecule has 7 heteroatoms. The van der Waals surface area contributed by atoms with E-state index in [2.05, 4.69) is 55.2 Å². The number of aromatic nitrogens is 2. The molecule has 0 aliphatic carbocycles. The van der Waals surface area contributed by atoms with Crippen molar-refractivity contribution in [3.63, 3.8) is 0 Å². The lowest BCUT2D eigenvalue weighted by Gasteiger charge is -2.38. The lowest BCUT2D eigenvalue weighted by atomic mass is 9.94. The maximum atomic E-state index is 6.30. The van der Waals surface area contributed by atoms with Crippen molar-refractivity contribution in [2.24, 2.45) is 5.92 Å². The lowest BCUT2D eigenvalue weighted by molar-refractivity contribution is 0.386. The van der Waals surface area contributed by atoms with Gasteiger partial charge in [-0.05, 0) is 54.7 Å². The molecule has 0 bridgehead atoms. The van der Waals surface area contributed by atoms with Gasteiger partial charge in [0.15, 0.2) is 5.11 Å². The molecule has 0 saturated heterocycles. The largest absolute Gasteiger partial charge is 0.351 e. The van der Waals surface area contributed by atoms with Gasteiger partial charge in [-0.25, -0.2) is 0 Å². The molecule has 0 radical (unpaired) electrons. The van der Waals surface area contributed by atoms with Gasteiger partial charge in [0.1, 0.15) is 0 Å². The summed E-state index contributed by atoms with van der Waals surface area (Å²) < 4.78 is 5.79. The third kappa shape index (κ3) is 4.57. The number of nitrogens with one attached hydrogen (secondary N) is 1. The summed E-state index contributed by atoms with van der Waals surface area (Å²) in [5, 5.41) is 9.09. The number of hydrogen-bond acceptors (Lipinski definition) is 4. The predicted octanol–water partition coefficient (Wildman–Crippen LogP) is 6.27. The Labute approximate surface area is 199 Å². The molecule has 2 aromatic carbocycles. The highest BCUT2D eigenvalue weighted by Crippen LogP contribution is 2.38. The minimum absolute atomic E-state index is 0.236. The van der Waals surface area contributed by atoms with Gasteiger partial charge in [-0.1, -0.05) is 73.9 Å². The monoisotopic (exact) mass is 466 g/mol. The number of halogens is 1. The van der Waals surface area contributed by atoms with E-state index in [4.69, 9.17) is 33.3 Å². The van der Waals surface area contributed by atoms with E-state index in [1.54, 1.807) is 0 Å². The molecule has 5 nitrogen and oxygen atoms in total. The maximum Gasteiger partial charge on any atom is 0.258 e. The number of nitrogens with zero attached hydrogens (tertiary/aromatic N) is 3. The Morgan fingerprint density at radius 2 is 1.94 bits per heavy atom. The zero-order chi connectivity index (χ0) is 22.8. The second-order valence-corrected chi connectivity index (χ2v) is 9.24. The summed E-state index contributed by atoms with van der Waals surface area (Å²) in [6.07, 6.45) is 0.989. The van der Waals surface area contributed by atoms with Crippen LogP contribution < -0.4 is 5.32 Å². The van der Waals surface area contributed by atoms with E-state index in [1.165, 1.54) is 5.56 Å². The molecule has 1 atom stereocenters. The predicted molar refractivity (Wildman–Crippen MR) is 133 cm³/mol. The molecular formula is C25H27ClN4OS. The van der Waals surface area contributed by atoms with Crippen LogP contribution in [0, 0.1) is 5.92 Å². The van der Waals surface area contributed by atoms with Crippen LogP contribution in [0.1, 0.15) is 50.8 Å². The van der Waals surface area contributed by atoms with Crippen molar-refractivity contribution >= 4 is 34.5 Å². The first kappa shape index (κ1) is 22.5. The summed E-state index contributed by atoms with van der Waals surface area (Å²) in [5.74, 6) is 1.48. The Kier molecular flexibility index (Phi) is 6.63. The van der Waals surface area contributed by atoms with Crippen LogP contribution in [0.25, 0.3) is 17.0 Å². The number of rotatable bonds is 6. The van der Waals surface area contributed by atoms with Crippen LogP contribution in [0.4, 0.5) is 0 Å². The molecule has 1 N–H and O–H groups in total. The summed E-state index contributed by atoms with van der Waals surface area (Å²) in [5.41, 5.74) is 5.10. The zero-order valence-electron chi connectivity index (χ0n) is 18.7. The highest BCUT2D eigenvalue weighted by atomic mass is 35.5. The fraction of sp³-hybridized carbons (Fsp3) is 0.320. The quantitative estimate of drug-likeness (QED) is 0.432. The third-order valence-corrected chi connectivity index (χ3v) is 6.18. The van der Waals surface area contributed by atoms with Gasteiger partial charge in [0.2, 0.25) is 5.82 Å². The number of hydrogen-bond donors (Lipinski definition) is 1. The van der Waals surface area contributed by atoms with Crippen LogP contribution in [-0.2, 0) is 6.42 Å². The maximum absolute atomic E-state index is 6.30. The zero-order valence-corrected chi connectivity index (χ0v) is 20.3. The van der Waals surface area contributed by atoms with E-state index in [-0.39, 0.29) is 6.04 Å². The minimum atomic E-state index is -0.236. The van der Waals surface area contributed by atoms with E-state index in [0.29, 0.717) is 27.8 Å². The highest BCUT2D eigenvalue weighted by Gasteiger charge is 2.34. The SMILES string of the molecule is CCc1ccc(-c2noc(C3=C(C)N(CC(C)C)C(=S)NC3c3cccc(Cl)c3)n2)cc1. The van der Waals surface area contributed by atoms with Gasteiger partial charge in [0, 0.05) is 22.8 Å². The van der Waals surface area contributed by atoms with Crippen molar-refractivity contribution in [3.05, 3.63) is 76.3 Å². The molecule has 2 heterocycles. The molecule has 1 aromatic heterocycles. The molecular weight excluding hydrogens is 440 g/mol. The number of aryl methyl sites for hydroxylation is 1. The van der Waals surface area contributed by atoms with Gasteiger partial charge in [0.25, 0.3) is 5.89 Å². The van der Waals surface area contributed by atoms with Gasteiger partial charge in [-0.3, -0.25) is 0 Å². The van der Waals surface area contributed by atoms with Gasteiger partial charge >= 0.3 is 0 Å². The van der Waals surface area contributed by atoms with Crippen LogP contribution in [0.15, 0.2) is 58.8 Å². The molecule has 4 rings (SSSR count). The van der Waals surface area contributed by atoms with Crippen LogP contribution >= 0.6 is 23.8 Å². The summed E-state index contributed by atoms with van der Waals surface area (Å²) in [6, 6.07) is 15.8. The Hall–Kier alpha value is -2.70. The molecule has 0 spiro atoms. The van der Waals surface area contributed by atoms with Gasteiger partial charge < -0.3 is 14.7 Å². The first-order valence-electron chi connectivity index (χ1n) is 10.8. The van der Waals surface area contributed by atoms with E-state index >= 15 is 0 Å². The van der Waals surface area contributed by atoms with Crippen molar-refractivity contribution in [3.8, 4) is 11.4 Å². The summed E-state index contributed by atoms with van der Waals surface area (Å²) >= 11 is 12.0. The van der Waals surface area contributed by atoms with Crippen LogP contribution in [0.5, 0.6) is 0 Å². The minimum Gasteiger partial charge on any atom is -0.351 e. The molecule has 1 aliphatic rings. The molecule has 0 fully saturated rings. The average Bonchev–Trinajstić information content (AvgIpc) is 3.26. The summed E-state index contributed by atoms with van der Waals surface area (Å²) in [6.45, 7) is 9.33. The molecule has 1 aliphatic heterocycles. The molecule has 3 aromatic rings. The van der Waals surface area contributed by atoms with Crippen molar-refractivity contribution in [2.45, 2.75) is 40.2 Å². The van der Waals surface area contributed by atoms with Crippen LogP contribution in [0.2, 0.25) is 5.02 Å². The molecule has 0 amide bonds. The van der Waals surface area contributed by atoms with Crippen molar-refractivity contribution in [1.29, 1.82) is 0 Å². The Bertz CT molecular complexity index is 1150. The second kappa shape index (κ2) is 9.43. The molecule has 0 saturated carbocycles. The Balaban J connectivity index is 1.79. The van der Waals surface area contributed by atoms with Gasteiger partial charge in [0.05, 0.1) is 11.6 Å². The van der Waals surface area contributed by atoms with Crippen molar-refractivity contribution in [2.75, 3.05) is 6.54 Å². The van der Waals surface area contributed by atoms with Gasteiger partial charge in [-0.15, -0.1) is 0 Å². The van der Waals surface area contributed by atoms with Crippen molar-refractivity contribution in [1.82, 2.24) is 20.4 Å². The molecule has 1 unspecified atom stereocenters. The normalized spacial score (nSPS) is 16.6. The van der Waals surface area contributed by atoms with E-state index < -0.39 is 0 Å². The first-order chi connectivity index (χ1) is 15.4. The standard InChI is InChI=1S/C25H27ClN4OS/c1-5-17-9-11-18(12-10-17)23-28-24(31-29-23)21-16(4)30(14-15(2)3)25(32)27-22(21)19-7-6-8-20(26)13-19/h6-13,15,22H,5,14H2,1-4H3,(H,27,32). The second-order valence-electron chi connectivity index (χ2n) is 8.41. The number of benzene rings is 2. The Morgan fingerprint density at radius 3 is 2.59 bits per heavy atom. The molecule has 166 valence electrons. The van der Waals surface area contributed by atoms with Crippen molar-refractivity contribution < 1.29 is 4.52 Å². The first-order valence-corrected chi connectivity index (χ1v) is 11.6. The van der Waals surface area contributed by atoms with Gasteiger partial charge in [-0.2, -0.15) is 4.98 Å². The number of allylic oxidation sites excluding steroid dienone is 1. The fourth-order valence-electron chi connectivity index (χ4n) is 3.92. The topological polar surface area (TPSA) is 54.2 Å². The van der Waals surface area contributed by atoms with E-state index in [1.807, 2.05) is 36.4 Å². The molecule has 32 heavy (non-hydrogen) atoms. The fourth-order valence-corrected chi connectivity index (χ4v) is 4.45. The van der Waals surface area contributed by atoms with Crippen LogP contribution in [0.3, 0.4) is 0 Å². The smallest absolute Gasteiger partial charge is 0.258 e. The van der Waals surface area contributed by atoms with E-state index in [9.17, 15) is 0 Å². The van der Waals surface area contributed by atoms with Crippen LogP contribution in [-0.4, -0.2) is 26.7 Å². The summed E-state index contributed by atoms with van der Waals surface area (Å²) in [4.78, 5) is 6.88. The number of thiocarbonyl (C=S) groups is 1. The third-order valence-electron chi connectivity index (χ3n) is 5.60. The van der Waals surface area contributed by atoms with E-state index in [0.717, 1.165) is 35.4 Å². The summed E-state index contributed by atoms with van der Waals surface area (Å²) in [7, 11) is 0. The Morgan fingerprint density at radius 1 is 1.19 bits per heavy atom.